The minimum atomic E-state index is -0.241. The van der Waals surface area contributed by atoms with Gasteiger partial charge in [0.15, 0.2) is 0 Å². The Hall–Kier alpha value is -2.50. The summed E-state index contributed by atoms with van der Waals surface area (Å²) in [5, 5.41) is 8.02. The number of para-hydroxylation sites is 1. The van der Waals surface area contributed by atoms with Crippen molar-refractivity contribution >= 4 is 51.6 Å². The van der Waals surface area contributed by atoms with Gasteiger partial charge in [-0.2, -0.15) is 0 Å². The number of benzene rings is 3. The van der Waals surface area contributed by atoms with Gasteiger partial charge in [-0.1, -0.05) is 48.0 Å². The summed E-state index contributed by atoms with van der Waals surface area (Å²) in [4.78, 5) is 25.2. The zero-order valence-electron chi connectivity index (χ0n) is 14.1. The van der Waals surface area contributed by atoms with E-state index >= 15 is 0 Å². The number of halogens is 1. The molecule has 0 heterocycles. The number of thioether (sulfide) groups is 1. The van der Waals surface area contributed by atoms with Gasteiger partial charge in [0.25, 0.3) is 5.91 Å². The topological polar surface area (TPSA) is 58.2 Å². The molecule has 0 fully saturated rings. The van der Waals surface area contributed by atoms with E-state index < -0.39 is 0 Å². The standard InChI is InChI=1S/C20H17ClN2O2S/c1-22-20(25)14-8-2-3-10-16(14)23-18(24)12-26-17-11-5-7-13-6-4-9-15(21)19(13)17/h2-11H,12H2,1H3,(H,22,25)(H,23,24). The summed E-state index contributed by atoms with van der Waals surface area (Å²) in [6.45, 7) is 0. The van der Waals surface area contributed by atoms with E-state index in [1.165, 1.54) is 11.8 Å². The lowest BCUT2D eigenvalue weighted by Crippen LogP contribution is -2.22. The molecular weight excluding hydrogens is 368 g/mol. The number of hydrogen-bond donors (Lipinski definition) is 2. The minimum absolute atomic E-state index is 0.185. The second-order valence-corrected chi connectivity index (χ2v) is 6.98. The van der Waals surface area contributed by atoms with E-state index in [-0.39, 0.29) is 17.6 Å². The molecule has 0 aromatic heterocycles. The lowest BCUT2D eigenvalue weighted by molar-refractivity contribution is -0.113. The van der Waals surface area contributed by atoms with Crippen LogP contribution in [-0.4, -0.2) is 24.6 Å². The van der Waals surface area contributed by atoms with E-state index in [4.69, 9.17) is 11.6 Å². The number of hydrogen-bond acceptors (Lipinski definition) is 3. The van der Waals surface area contributed by atoms with Gasteiger partial charge in [-0.3, -0.25) is 9.59 Å². The fraction of sp³-hybridized carbons (Fsp3) is 0.100. The van der Waals surface area contributed by atoms with Crippen molar-refractivity contribution < 1.29 is 9.59 Å². The average Bonchev–Trinajstić information content (AvgIpc) is 2.66. The van der Waals surface area contributed by atoms with Crippen LogP contribution < -0.4 is 10.6 Å². The van der Waals surface area contributed by atoms with Crippen LogP contribution in [0.1, 0.15) is 10.4 Å². The molecule has 132 valence electrons. The van der Waals surface area contributed by atoms with Crippen molar-refractivity contribution in [3.63, 3.8) is 0 Å². The summed E-state index contributed by atoms with van der Waals surface area (Å²) in [5.74, 6) is -0.211. The fourth-order valence-electron chi connectivity index (χ4n) is 2.64. The summed E-state index contributed by atoms with van der Waals surface area (Å²) in [6, 6.07) is 18.5. The molecule has 0 spiro atoms. The normalized spacial score (nSPS) is 10.5. The molecule has 0 bridgehead atoms. The van der Waals surface area contributed by atoms with Crippen LogP contribution in [0, 0.1) is 0 Å². The molecule has 0 aliphatic heterocycles. The van der Waals surface area contributed by atoms with Crippen molar-refractivity contribution in [2.45, 2.75) is 4.90 Å². The molecule has 0 unspecified atom stereocenters. The van der Waals surface area contributed by atoms with Gasteiger partial charge in [0.2, 0.25) is 5.91 Å². The molecule has 3 aromatic carbocycles. The summed E-state index contributed by atoms with van der Waals surface area (Å²) in [5.41, 5.74) is 0.926. The second-order valence-electron chi connectivity index (χ2n) is 5.56. The number of rotatable bonds is 5. The van der Waals surface area contributed by atoms with Crippen LogP contribution in [-0.2, 0) is 4.79 Å². The van der Waals surface area contributed by atoms with Crippen LogP contribution >= 0.6 is 23.4 Å². The van der Waals surface area contributed by atoms with Crippen molar-refractivity contribution in [1.82, 2.24) is 5.32 Å². The highest BCUT2D eigenvalue weighted by atomic mass is 35.5. The molecule has 0 aliphatic carbocycles. The number of nitrogens with one attached hydrogen (secondary N) is 2. The zero-order valence-corrected chi connectivity index (χ0v) is 15.7. The maximum absolute atomic E-state index is 12.4. The van der Waals surface area contributed by atoms with Crippen molar-refractivity contribution in [3.05, 3.63) is 71.2 Å². The number of carbonyl (C=O) groups is 2. The van der Waals surface area contributed by atoms with Gasteiger partial charge in [-0.15, -0.1) is 11.8 Å². The van der Waals surface area contributed by atoms with E-state index in [9.17, 15) is 9.59 Å². The van der Waals surface area contributed by atoms with Gasteiger partial charge in [-0.25, -0.2) is 0 Å². The maximum atomic E-state index is 12.4. The molecule has 0 aliphatic rings. The summed E-state index contributed by atoms with van der Waals surface area (Å²) < 4.78 is 0. The first-order valence-corrected chi connectivity index (χ1v) is 9.37. The molecule has 0 saturated heterocycles. The highest BCUT2D eigenvalue weighted by Crippen LogP contribution is 2.33. The zero-order chi connectivity index (χ0) is 18.5. The average molecular weight is 385 g/mol. The third-order valence-electron chi connectivity index (χ3n) is 3.85. The first-order valence-electron chi connectivity index (χ1n) is 8.01. The Labute approximate surface area is 160 Å². The van der Waals surface area contributed by atoms with Crippen LogP contribution in [0.3, 0.4) is 0 Å². The predicted molar refractivity (Wildman–Crippen MR) is 108 cm³/mol. The first kappa shape index (κ1) is 18.3. The Morgan fingerprint density at radius 2 is 1.73 bits per heavy atom. The molecule has 4 nitrogen and oxygen atoms in total. The highest BCUT2D eigenvalue weighted by Gasteiger charge is 2.13. The van der Waals surface area contributed by atoms with Crippen LogP contribution in [0.15, 0.2) is 65.6 Å². The second kappa shape index (κ2) is 8.25. The fourth-order valence-corrected chi connectivity index (χ4v) is 3.88. The lowest BCUT2D eigenvalue weighted by Gasteiger charge is -2.11. The maximum Gasteiger partial charge on any atom is 0.253 e. The van der Waals surface area contributed by atoms with E-state index in [1.807, 2.05) is 36.4 Å². The molecule has 0 radical (unpaired) electrons. The molecule has 3 aromatic rings. The molecule has 26 heavy (non-hydrogen) atoms. The third-order valence-corrected chi connectivity index (χ3v) is 5.22. The molecule has 2 amide bonds. The van der Waals surface area contributed by atoms with Gasteiger partial charge < -0.3 is 10.6 Å². The third kappa shape index (κ3) is 4.00. The predicted octanol–water partition coefficient (Wildman–Crippen LogP) is 4.58. The molecule has 0 saturated carbocycles. The molecule has 6 heteroatoms. The van der Waals surface area contributed by atoms with E-state index in [1.54, 1.807) is 31.3 Å². The Morgan fingerprint density at radius 3 is 2.50 bits per heavy atom. The molecule has 3 rings (SSSR count). The van der Waals surface area contributed by atoms with Gasteiger partial charge in [-0.05, 0) is 29.7 Å². The van der Waals surface area contributed by atoms with Crippen molar-refractivity contribution in [2.24, 2.45) is 0 Å². The summed E-state index contributed by atoms with van der Waals surface area (Å²) >= 11 is 7.73. The number of carbonyl (C=O) groups excluding carboxylic acids is 2. The van der Waals surface area contributed by atoms with Gasteiger partial charge in [0.05, 0.1) is 17.0 Å². The monoisotopic (exact) mass is 384 g/mol. The van der Waals surface area contributed by atoms with E-state index in [0.29, 0.717) is 16.3 Å². The molecular formula is C20H17ClN2O2S. The minimum Gasteiger partial charge on any atom is -0.355 e. The highest BCUT2D eigenvalue weighted by molar-refractivity contribution is 8.00. The van der Waals surface area contributed by atoms with Crippen molar-refractivity contribution in [2.75, 3.05) is 18.1 Å². The smallest absolute Gasteiger partial charge is 0.253 e. The van der Waals surface area contributed by atoms with Gasteiger partial charge in [0, 0.05) is 22.4 Å². The van der Waals surface area contributed by atoms with Crippen molar-refractivity contribution in [1.29, 1.82) is 0 Å². The number of amides is 2. The van der Waals surface area contributed by atoms with Crippen molar-refractivity contribution in [3.8, 4) is 0 Å². The Bertz CT molecular complexity index is 970. The van der Waals surface area contributed by atoms with Crippen LogP contribution in [0.5, 0.6) is 0 Å². The van der Waals surface area contributed by atoms with E-state index in [0.717, 1.165) is 15.7 Å². The number of fused-ring (bicyclic) bond motifs is 1. The van der Waals surface area contributed by atoms with Gasteiger partial charge >= 0.3 is 0 Å². The Morgan fingerprint density at radius 1 is 1.00 bits per heavy atom. The Balaban J connectivity index is 1.74. The van der Waals surface area contributed by atoms with Crippen LogP contribution in [0.4, 0.5) is 5.69 Å². The largest absolute Gasteiger partial charge is 0.355 e. The SMILES string of the molecule is CNC(=O)c1ccccc1NC(=O)CSc1cccc2cccc(Cl)c12. The summed E-state index contributed by atoms with van der Waals surface area (Å²) in [6.07, 6.45) is 0. The first-order chi connectivity index (χ1) is 12.6. The van der Waals surface area contributed by atoms with Crippen LogP contribution in [0.25, 0.3) is 10.8 Å². The van der Waals surface area contributed by atoms with Gasteiger partial charge in [0.1, 0.15) is 0 Å². The van der Waals surface area contributed by atoms with E-state index in [2.05, 4.69) is 10.6 Å². The quantitative estimate of drug-likeness (QED) is 0.633. The number of anilines is 1. The molecule has 2 N–H and O–H groups in total. The summed E-state index contributed by atoms with van der Waals surface area (Å²) in [7, 11) is 1.56. The Kier molecular flexibility index (Phi) is 5.81. The van der Waals surface area contributed by atoms with Crippen LogP contribution in [0.2, 0.25) is 5.02 Å². The molecule has 0 atom stereocenters. The lowest BCUT2D eigenvalue weighted by atomic mass is 10.1.